The molecular formula is C19H21ClN4O7. The number of carbonyl (C=O) groups is 1. The zero-order valence-electron chi connectivity index (χ0n) is 16.4. The summed E-state index contributed by atoms with van der Waals surface area (Å²) < 4.78 is 17.0. The zero-order chi connectivity index (χ0) is 22.4. The number of benzene rings is 1. The minimum absolute atomic E-state index is 0.0329. The van der Waals surface area contributed by atoms with Crippen molar-refractivity contribution >= 4 is 28.7 Å². The molecule has 3 aromatic rings. The van der Waals surface area contributed by atoms with Gasteiger partial charge >= 0.3 is 11.7 Å². The largest absolute Gasteiger partial charge is 0.484 e. The first-order valence-corrected chi connectivity index (χ1v) is 9.61. The molecule has 0 amide bonds. The van der Waals surface area contributed by atoms with E-state index in [1.807, 2.05) is 0 Å². The monoisotopic (exact) mass is 452 g/mol. The van der Waals surface area contributed by atoms with Gasteiger partial charge in [-0.05, 0) is 12.1 Å². The van der Waals surface area contributed by atoms with Crippen LogP contribution in [0.5, 0.6) is 5.75 Å². The van der Waals surface area contributed by atoms with Crippen LogP contribution in [0.2, 0.25) is 5.02 Å². The van der Waals surface area contributed by atoms with Crippen LogP contribution in [0.25, 0.3) is 11.1 Å². The summed E-state index contributed by atoms with van der Waals surface area (Å²) in [4.78, 5) is 32.3. The van der Waals surface area contributed by atoms with Gasteiger partial charge in [0.05, 0.1) is 35.7 Å². The number of aryl methyl sites for hydroxylation is 1. The topological polar surface area (TPSA) is 163 Å². The van der Waals surface area contributed by atoms with Gasteiger partial charge in [-0.15, -0.1) is 0 Å². The average molecular weight is 453 g/mol. The van der Waals surface area contributed by atoms with E-state index in [1.54, 1.807) is 18.5 Å². The highest BCUT2D eigenvalue weighted by Gasteiger charge is 2.25. The Hall–Kier alpha value is -2.99. The Labute approximate surface area is 181 Å². The Bertz CT molecular complexity index is 1100. The average Bonchev–Trinajstić information content (AvgIpc) is 3.08. The predicted octanol–water partition coefficient (Wildman–Crippen LogP) is 0.232. The molecule has 0 radical (unpaired) electrons. The van der Waals surface area contributed by atoms with E-state index in [2.05, 4.69) is 9.97 Å². The number of aromatic nitrogens is 3. The predicted molar refractivity (Wildman–Crippen MR) is 109 cm³/mol. The molecule has 1 aromatic carbocycles. The molecule has 0 saturated carbocycles. The number of aliphatic hydroxyl groups excluding tert-OH is 2. The van der Waals surface area contributed by atoms with Crippen LogP contribution in [0.4, 0.5) is 0 Å². The van der Waals surface area contributed by atoms with E-state index >= 15 is 0 Å². The molecule has 12 heteroatoms. The van der Waals surface area contributed by atoms with E-state index in [0.717, 1.165) is 0 Å². The van der Waals surface area contributed by atoms with Crippen molar-refractivity contribution in [3.63, 3.8) is 0 Å². The van der Waals surface area contributed by atoms with Crippen LogP contribution in [-0.4, -0.2) is 56.1 Å². The van der Waals surface area contributed by atoms with E-state index < -0.39 is 30.5 Å². The first-order valence-electron chi connectivity index (χ1n) is 9.23. The fourth-order valence-electron chi connectivity index (χ4n) is 2.57. The molecule has 3 rings (SSSR count). The lowest BCUT2D eigenvalue weighted by atomic mass is 10.1. The van der Waals surface area contributed by atoms with Gasteiger partial charge in [-0.2, -0.15) is 0 Å². The third-order valence-electron chi connectivity index (χ3n) is 4.39. The summed E-state index contributed by atoms with van der Waals surface area (Å²) in [6.07, 6.45) is 3.01. The van der Waals surface area contributed by atoms with Crippen LogP contribution in [0.1, 0.15) is 12.2 Å². The number of rotatable bonds is 10. The smallest absolute Gasteiger partial charge is 0.419 e. The molecule has 0 atom stereocenters. The molecule has 0 unspecified atom stereocenters. The molecule has 0 bridgehead atoms. The maximum atomic E-state index is 12.2. The maximum absolute atomic E-state index is 12.2. The second-order valence-corrected chi connectivity index (χ2v) is 7.22. The number of hydrogen-bond acceptors (Lipinski definition) is 10. The van der Waals surface area contributed by atoms with Gasteiger partial charge in [0, 0.05) is 25.0 Å². The van der Waals surface area contributed by atoms with Gasteiger partial charge in [-0.1, -0.05) is 11.6 Å². The van der Waals surface area contributed by atoms with Crippen molar-refractivity contribution in [1.82, 2.24) is 14.5 Å². The van der Waals surface area contributed by atoms with Crippen molar-refractivity contribution in [2.24, 2.45) is 5.73 Å². The van der Waals surface area contributed by atoms with Gasteiger partial charge in [-0.25, -0.2) is 14.8 Å². The molecule has 11 nitrogen and oxygen atoms in total. The number of ether oxygens (including phenoxy) is 2. The zero-order valence-corrected chi connectivity index (χ0v) is 17.1. The highest BCUT2D eigenvalue weighted by atomic mass is 35.5. The van der Waals surface area contributed by atoms with Gasteiger partial charge in [0.15, 0.2) is 11.4 Å². The number of fused-ring (bicyclic) bond motifs is 1. The minimum Gasteiger partial charge on any atom is -0.484 e. The van der Waals surface area contributed by atoms with Gasteiger partial charge in [-0.3, -0.25) is 9.36 Å². The summed E-state index contributed by atoms with van der Waals surface area (Å²) in [7, 11) is 0. The van der Waals surface area contributed by atoms with Gasteiger partial charge in [0.2, 0.25) is 0 Å². The van der Waals surface area contributed by atoms with Gasteiger partial charge < -0.3 is 29.8 Å². The molecule has 0 spiro atoms. The molecule has 4 N–H and O–H groups in total. The Kier molecular flexibility index (Phi) is 7.23. The summed E-state index contributed by atoms with van der Waals surface area (Å²) in [6.45, 7) is -1.43. The van der Waals surface area contributed by atoms with Crippen LogP contribution in [-0.2, 0) is 22.7 Å². The molecule has 0 aliphatic carbocycles. The second-order valence-electron chi connectivity index (χ2n) is 6.81. The first-order chi connectivity index (χ1) is 14.8. The quantitative estimate of drug-likeness (QED) is 0.363. The number of aliphatic hydroxyl groups is 2. The highest BCUT2D eigenvalue weighted by Crippen LogP contribution is 2.30. The van der Waals surface area contributed by atoms with Crippen LogP contribution < -0.4 is 16.2 Å². The summed E-state index contributed by atoms with van der Waals surface area (Å²) in [5.74, 6) is -0.595. The van der Waals surface area contributed by atoms with E-state index in [4.69, 9.17) is 41.4 Å². The van der Waals surface area contributed by atoms with Crippen LogP contribution >= 0.6 is 11.6 Å². The third-order valence-corrected chi connectivity index (χ3v) is 4.68. The van der Waals surface area contributed by atoms with Crippen molar-refractivity contribution in [2.45, 2.75) is 25.1 Å². The summed E-state index contributed by atoms with van der Waals surface area (Å²) in [5, 5.41) is 18.5. The fraction of sp³-hybridized carbons (Fsp3) is 0.368. The standard InChI is InChI=1S/C19H21ClN4O7/c20-12-6-13-15(7-14(12)29-8-16-22-3-1-4-23-16)31-18(28)24(13)5-2-17(27)30-11-19(21,9-25)10-26/h1,3-4,6-7,25-26H,2,5,8-11,21H2. The van der Waals surface area contributed by atoms with Crippen LogP contribution in [0.3, 0.4) is 0 Å². The maximum Gasteiger partial charge on any atom is 0.419 e. The highest BCUT2D eigenvalue weighted by molar-refractivity contribution is 6.32. The Balaban J connectivity index is 1.68. The van der Waals surface area contributed by atoms with E-state index in [0.29, 0.717) is 11.3 Å². The molecule has 0 fully saturated rings. The van der Waals surface area contributed by atoms with Crippen molar-refractivity contribution in [1.29, 1.82) is 0 Å². The number of carbonyl (C=O) groups excluding carboxylic acids is 1. The van der Waals surface area contributed by atoms with Crippen LogP contribution in [0, 0.1) is 0 Å². The number of esters is 1. The minimum atomic E-state index is -1.43. The van der Waals surface area contributed by atoms with Crippen LogP contribution in [0.15, 0.2) is 39.8 Å². The second kappa shape index (κ2) is 9.88. The Morgan fingerprint density at radius 2 is 1.97 bits per heavy atom. The van der Waals surface area contributed by atoms with Crippen molar-refractivity contribution in [3.8, 4) is 5.75 Å². The number of oxazole rings is 1. The number of nitrogens with zero attached hydrogens (tertiary/aromatic N) is 3. The van der Waals surface area contributed by atoms with Gasteiger partial charge in [0.25, 0.3) is 0 Å². The van der Waals surface area contributed by atoms with Gasteiger partial charge in [0.1, 0.15) is 19.0 Å². The number of nitrogens with two attached hydrogens (primary N) is 1. The van der Waals surface area contributed by atoms with Crippen molar-refractivity contribution < 1.29 is 28.9 Å². The lowest BCUT2D eigenvalue weighted by Gasteiger charge is -2.23. The Morgan fingerprint density at radius 1 is 1.26 bits per heavy atom. The normalized spacial score (nSPS) is 11.6. The fourth-order valence-corrected chi connectivity index (χ4v) is 2.79. The molecule has 0 saturated heterocycles. The number of hydrogen-bond donors (Lipinski definition) is 3. The summed E-state index contributed by atoms with van der Waals surface area (Å²) in [5.41, 5.74) is 4.83. The van der Waals surface area contributed by atoms with Crippen molar-refractivity contribution in [2.75, 3.05) is 19.8 Å². The molecule has 166 valence electrons. The summed E-state index contributed by atoms with van der Waals surface area (Å²) in [6, 6.07) is 4.65. The first kappa shape index (κ1) is 22.7. The molecular weight excluding hydrogens is 432 g/mol. The molecule has 2 heterocycles. The third kappa shape index (κ3) is 5.58. The molecule has 0 aliphatic rings. The lowest BCUT2D eigenvalue weighted by Crippen LogP contribution is -2.51. The molecule has 2 aromatic heterocycles. The van der Waals surface area contributed by atoms with E-state index in [9.17, 15) is 9.59 Å². The number of halogens is 1. The molecule has 0 aliphatic heterocycles. The SMILES string of the molecule is NC(CO)(CO)COC(=O)CCn1c(=O)oc2cc(OCc3ncccn3)c(Cl)cc21. The molecule has 31 heavy (non-hydrogen) atoms. The van der Waals surface area contributed by atoms with Crippen molar-refractivity contribution in [3.05, 3.63) is 52.0 Å². The Morgan fingerprint density at radius 3 is 2.65 bits per heavy atom. The lowest BCUT2D eigenvalue weighted by molar-refractivity contribution is -0.146. The van der Waals surface area contributed by atoms with E-state index in [1.165, 1.54) is 16.7 Å². The summed E-state index contributed by atoms with van der Waals surface area (Å²) >= 11 is 6.27. The van der Waals surface area contributed by atoms with E-state index in [-0.39, 0.29) is 42.5 Å².